The lowest BCUT2D eigenvalue weighted by Crippen LogP contribution is -2.16. The van der Waals surface area contributed by atoms with Gasteiger partial charge in [0.2, 0.25) is 0 Å². The molecule has 0 radical (unpaired) electrons. The first-order chi connectivity index (χ1) is 9.13. The van der Waals surface area contributed by atoms with Gasteiger partial charge >= 0.3 is 0 Å². The number of amides is 1. The molecule has 1 aromatic carbocycles. The Morgan fingerprint density at radius 3 is 2.84 bits per heavy atom. The summed E-state index contributed by atoms with van der Waals surface area (Å²) >= 11 is 5.89. The van der Waals surface area contributed by atoms with Crippen molar-refractivity contribution >= 4 is 28.9 Å². The number of carbonyl (C=O) groups excluding carboxylic acids is 1. The van der Waals surface area contributed by atoms with Crippen LogP contribution in [0.25, 0.3) is 0 Å². The summed E-state index contributed by atoms with van der Waals surface area (Å²) in [6, 6.07) is 9.20. The van der Waals surface area contributed by atoms with Crippen LogP contribution < -0.4 is 11.1 Å². The van der Waals surface area contributed by atoms with E-state index < -0.39 is 0 Å². The highest BCUT2D eigenvalue weighted by atomic mass is 35.5. The Balaban J connectivity index is 1.84. The molecule has 98 valence electrons. The van der Waals surface area contributed by atoms with E-state index in [-0.39, 0.29) is 5.91 Å². The topological polar surface area (TPSA) is 60.1 Å². The molecular formula is C14H14ClN3O. The second kappa shape index (κ2) is 4.63. The molecule has 0 bridgehead atoms. The van der Waals surface area contributed by atoms with Crippen LogP contribution in [0.15, 0.2) is 36.5 Å². The summed E-state index contributed by atoms with van der Waals surface area (Å²) in [5, 5.41) is 3.43. The molecule has 0 saturated heterocycles. The van der Waals surface area contributed by atoms with Gasteiger partial charge < -0.3 is 15.6 Å². The number of nitrogen functional groups attached to an aromatic ring is 1. The number of hydrogen-bond acceptors (Lipinski definition) is 2. The fourth-order valence-electron chi connectivity index (χ4n) is 2.10. The lowest BCUT2D eigenvalue weighted by Gasteiger charge is -2.08. The van der Waals surface area contributed by atoms with E-state index in [0.29, 0.717) is 28.1 Å². The summed E-state index contributed by atoms with van der Waals surface area (Å²) in [5.74, 6) is -0.161. The molecule has 1 aromatic heterocycles. The number of rotatable bonds is 3. The number of aromatic nitrogens is 1. The molecule has 1 saturated carbocycles. The summed E-state index contributed by atoms with van der Waals surface area (Å²) in [4.78, 5) is 12.3. The van der Waals surface area contributed by atoms with Gasteiger partial charge in [0.25, 0.3) is 5.91 Å². The van der Waals surface area contributed by atoms with Gasteiger partial charge in [0.1, 0.15) is 5.69 Å². The van der Waals surface area contributed by atoms with Crippen molar-refractivity contribution in [3.05, 3.63) is 47.2 Å². The third-order valence-corrected chi connectivity index (χ3v) is 3.36. The van der Waals surface area contributed by atoms with E-state index in [1.807, 2.05) is 10.8 Å². The average molecular weight is 276 g/mol. The standard InChI is InChI=1S/C14H14ClN3O/c15-9-2-1-3-11(6-9)17-14(19)13-7-10(16)8-18(13)12-4-5-12/h1-3,6-8,12H,4-5,16H2,(H,17,19). The van der Waals surface area contributed by atoms with Crippen molar-refractivity contribution in [3.63, 3.8) is 0 Å². The van der Waals surface area contributed by atoms with E-state index in [1.165, 1.54) is 0 Å². The molecule has 4 nitrogen and oxygen atoms in total. The second-order valence-corrected chi connectivity index (χ2v) is 5.20. The van der Waals surface area contributed by atoms with E-state index in [9.17, 15) is 4.79 Å². The number of hydrogen-bond donors (Lipinski definition) is 2. The number of anilines is 2. The lowest BCUT2D eigenvalue weighted by atomic mass is 10.3. The molecule has 1 heterocycles. The number of halogens is 1. The number of carbonyl (C=O) groups is 1. The molecule has 5 heteroatoms. The summed E-state index contributed by atoms with van der Waals surface area (Å²) in [6.45, 7) is 0. The summed E-state index contributed by atoms with van der Waals surface area (Å²) in [6.07, 6.45) is 4.03. The Morgan fingerprint density at radius 1 is 1.37 bits per heavy atom. The van der Waals surface area contributed by atoms with Gasteiger partial charge in [0, 0.05) is 22.9 Å². The van der Waals surface area contributed by atoms with Gasteiger partial charge in [0.05, 0.1) is 5.69 Å². The van der Waals surface area contributed by atoms with Crippen LogP contribution in [-0.2, 0) is 0 Å². The van der Waals surface area contributed by atoms with Crippen molar-refractivity contribution in [1.29, 1.82) is 0 Å². The first-order valence-electron chi connectivity index (χ1n) is 6.18. The van der Waals surface area contributed by atoms with Gasteiger partial charge in [-0.1, -0.05) is 17.7 Å². The lowest BCUT2D eigenvalue weighted by molar-refractivity contribution is 0.101. The molecule has 1 aliphatic carbocycles. The zero-order valence-corrected chi connectivity index (χ0v) is 11.0. The van der Waals surface area contributed by atoms with Crippen molar-refractivity contribution in [3.8, 4) is 0 Å². The molecule has 0 aliphatic heterocycles. The third kappa shape index (κ3) is 2.58. The molecule has 1 aliphatic rings. The van der Waals surface area contributed by atoms with Crippen LogP contribution in [0.5, 0.6) is 0 Å². The first-order valence-corrected chi connectivity index (χ1v) is 6.55. The van der Waals surface area contributed by atoms with Crippen molar-refractivity contribution in [2.75, 3.05) is 11.1 Å². The van der Waals surface area contributed by atoms with Gasteiger partial charge in [-0.05, 0) is 37.1 Å². The predicted molar refractivity (Wildman–Crippen MR) is 76.5 cm³/mol. The van der Waals surface area contributed by atoms with Crippen LogP contribution >= 0.6 is 11.6 Å². The summed E-state index contributed by atoms with van der Waals surface area (Å²) in [7, 11) is 0. The number of nitrogens with two attached hydrogens (primary N) is 1. The molecule has 19 heavy (non-hydrogen) atoms. The second-order valence-electron chi connectivity index (χ2n) is 4.76. The minimum Gasteiger partial charge on any atom is -0.397 e. The number of benzene rings is 1. The van der Waals surface area contributed by atoms with E-state index >= 15 is 0 Å². The Morgan fingerprint density at radius 2 is 2.16 bits per heavy atom. The molecular weight excluding hydrogens is 262 g/mol. The van der Waals surface area contributed by atoms with Crippen molar-refractivity contribution in [2.45, 2.75) is 18.9 Å². The van der Waals surface area contributed by atoms with Crippen molar-refractivity contribution in [1.82, 2.24) is 4.57 Å². The van der Waals surface area contributed by atoms with Gasteiger partial charge in [-0.3, -0.25) is 4.79 Å². The van der Waals surface area contributed by atoms with Gasteiger partial charge in [-0.25, -0.2) is 0 Å². The Bertz CT molecular complexity index is 631. The maximum Gasteiger partial charge on any atom is 0.272 e. The van der Waals surface area contributed by atoms with Crippen molar-refractivity contribution in [2.24, 2.45) is 0 Å². The van der Waals surface area contributed by atoms with E-state index in [4.69, 9.17) is 17.3 Å². The molecule has 1 fully saturated rings. The SMILES string of the molecule is Nc1cc(C(=O)Nc2cccc(Cl)c2)n(C2CC2)c1. The minimum absolute atomic E-state index is 0.161. The smallest absolute Gasteiger partial charge is 0.272 e. The highest BCUT2D eigenvalue weighted by Crippen LogP contribution is 2.37. The molecule has 1 amide bonds. The fourth-order valence-corrected chi connectivity index (χ4v) is 2.29. The molecule has 3 N–H and O–H groups in total. The van der Waals surface area contributed by atoms with Crippen LogP contribution in [-0.4, -0.2) is 10.5 Å². The summed E-state index contributed by atoms with van der Waals surface area (Å²) < 4.78 is 1.95. The van der Waals surface area contributed by atoms with Crippen LogP contribution in [0.1, 0.15) is 29.4 Å². The van der Waals surface area contributed by atoms with Crippen LogP contribution in [0.4, 0.5) is 11.4 Å². The van der Waals surface area contributed by atoms with Crippen LogP contribution in [0, 0.1) is 0 Å². The van der Waals surface area contributed by atoms with Crippen LogP contribution in [0.3, 0.4) is 0 Å². The molecule has 0 unspecified atom stereocenters. The van der Waals surface area contributed by atoms with Gasteiger partial charge in [-0.2, -0.15) is 0 Å². The van der Waals surface area contributed by atoms with E-state index in [0.717, 1.165) is 12.8 Å². The quantitative estimate of drug-likeness (QED) is 0.903. The maximum absolute atomic E-state index is 12.3. The highest BCUT2D eigenvalue weighted by Gasteiger charge is 2.27. The minimum atomic E-state index is -0.161. The van der Waals surface area contributed by atoms with E-state index in [2.05, 4.69) is 5.32 Å². The van der Waals surface area contributed by atoms with Gasteiger partial charge in [-0.15, -0.1) is 0 Å². The summed E-state index contributed by atoms with van der Waals surface area (Å²) in [5.41, 5.74) is 7.67. The zero-order valence-electron chi connectivity index (χ0n) is 10.3. The zero-order chi connectivity index (χ0) is 13.4. The largest absolute Gasteiger partial charge is 0.397 e. The van der Waals surface area contributed by atoms with Crippen molar-refractivity contribution < 1.29 is 4.79 Å². The Labute approximate surface area is 116 Å². The third-order valence-electron chi connectivity index (χ3n) is 3.13. The monoisotopic (exact) mass is 275 g/mol. The molecule has 0 spiro atoms. The van der Waals surface area contributed by atoms with E-state index in [1.54, 1.807) is 30.3 Å². The predicted octanol–water partition coefficient (Wildman–Crippen LogP) is 3.31. The number of nitrogens with zero attached hydrogens (tertiary/aromatic N) is 1. The maximum atomic E-state index is 12.3. The average Bonchev–Trinajstić information content (AvgIpc) is 3.12. The Kier molecular flexibility index (Phi) is 2.95. The Hall–Kier alpha value is -1.94. The van der Waals surface area contributed by atoms with Crippen LogP contribution in [0.2, 0.25) is 5.02 Å². The number of nitrogens with one attached hydrogen (secondary N) is 1. The molecule has 0 atom stereocenters. The molecule has 3 rings (SSSR count). The van der Waals surface area contributed by atoms with Gasteiger partial charge in [0.15, 0.2) is 0 Å². The molecule has 2 aromatic rings. The normalized spacial score (nSPS) is 14.4. The first kappa shape index (κ1) is 12.1. The highest BCUT2D eigenvalue weighted by molar-refractivity contribution is 6.30. The fraction of sp³-hybridized carbons (Fsp3) is 0.214.